The minimum absolute atomic E-state index is 0.0779. The molecule has 1 amide bonds. The van der Waals surface area contributed by atoms with E-state index in [9.17, 15) is 9.59 Å². The van der Waals surface area contributed by atoms with Crippen molar-refractivity contribution < 1.29 is 19.1 Å². The fourth-order valence-electron chi connectivity index (χ4n) is 1.46. The molecular formula is C14H19NO4. The lowest BCUT2D eigenvalue weighted by molar-refractivity contribution is -0.146. The van der Waals surface area contributed by atoms with Crippen LogP contribution in [0.3, 0.4) is 0 Å². The van der Waals surface area contributed by atoms with Crippen molar-refractivity contribution in [1.29, 1.82) is 0 Å². The molecular weight excluding hydrogens is 246 g/mol. The largest absolute Gasteiger partial charge is 0.483 e. The highest BCUT2D eigenvalue weighted by atomic mass is 16.5. The van der Waals surface area contributed by atoms with E-state index in [1.807, 2.05) is 32.0 Å². The number of nitrogens with zero attached hydrogens (tertiary/aromatic N) is 1. The number of hydrogen-bond acceptors (Lipinski definition) is 4. The fraction of sp³-hybridized carbons (Fsp3) is 0.429. The van der Waals surface area contributed by atoms with Gasteiger partial charge < -0.3 is 14.4 Å². The van der Waals surface area contributed by atoms with Crippen molar-refractivity contribution in [3.05, 3.63) is 29.3 Å². The van der Waals surface area contributed by atoms with Gasteiger partial charge in [-0.25, -0.2) is 0 Å². The van der Waals surface area contributed by atoms with E-state index in [-0.39, 0.29) is 19.1 Å². The first-order valence-corrected chi connectivity index (χ1v) is 5.95. The first kappa shape index (κ1) is 15.0. The van der Waals surface area contributed by atoms with Crippen molar-refractivity contribution in [3.8, 4) is 5.75 Å². The number of carbonyl (C=O) groups excluding carboxylic acids is 2. The minimum atomic E-state index is -0.456. The highest BCUT2D eigenvalue weighted by Gasteiger charge is 2.14. The second kappa shape index (κ2) is 6.78. The highest BCUT2D eigenvalue weighted by molar-refractivity contribution is 5.82. The van der Waals surface area contributed by atoms with Crippen LogP contribution in [0.25, 0.3) is 0 Å². The number of benzene rings is 1. The van der Waals surface area contributed by atoms with Crippen molar-refractivity contribution in [3.63, 3.8) is 0 Å². The van der Waals surface area contributed by atoms with E-state index in [1.165, 1.54) is 19.1 Å². The predicted octanol–water partition coefficient (Wildman–Crippen LogP) is 1.31. The van der Waals surface area contributed by atoms with Crippen molar-refractivity contribution in [2.45, 2.75) is 13.8 Å². The molecule has 0 radical (unpaired) electrons. The number of aryl methyl sites for hydroxylation is 2. The third-order valence-electron chi connectivity index (χ3n) is 2.71. The van der Waals surface area contributed by atoms with E-state index >= 15 is 0 Å². The molecule has 1 aromatic rings. The zero-order chi connectivity index (χ0) is 14.4. The van der Waals surface area contributed by atoms with E-state index in [1.54, 1.807) is 0 Å². The highest BCUT2D eigenvalue weighted by Crippen LogP contribution is 2.18. The Labute approximate surface area is 113 Å². The van der Waals surface area contributed by atoms with Gasteiger partial charge in [-0.15, -0.1) is 0 Å². The van der Waals surface area contributed by atoms with Crippen LogP contribution in [0, 0.1) is 13.8 Å². The first-order chi connectivity index (χ1) is 8.93. The average molecular weight is 265 g/mol. The van der Waals surface area contributed by atoms with E-state index in [4.69, 9.17) is 4.74 Å². The number of methoxy groups -OCH3 is 1. The molecule has 0 bridgehead atoms. The van der Waals surface area contributed by atoms with E-state index in [0.29, 0.717) is 5.75 Å². The summed E-state index contributed by atoms with van der Waals surface area (Å²) in [6, 6.07) is 5.80. The molecule has 0 aliphatic rings. The van der Waals surface area contributed by atoms with E-state index < -0.39 is 5.97 Å². The Kier molecular flexibility index (Phi) is 5.36. The molecule has 0 spiro atoms. The Bertz CT molecular complexity index is 471. The summed E-state index contributed by atoms with van der Waals surface area (Å²) in [4.78, 5) is 24.1. The molecule has 0 saturated carbocycles. The molecule has 0 aliphatic heterocycles. The number of esters is 1. The number of amides is 1. The number of hydrogen-bond donors (Lipinski definition) is 0. The van der Waals surface area contributed by atoms with Crippen LogP contribution < -0.4 is 4.74 Å². The molecule has 104 valence electrons. The molecule has 0 heterocycles. The van der Waals surface area contributed by atoms with E-state index in [2.05, 4.69) is 4.74 Å². The molecule has 5 heteroatoms. The topological polar surface area (TPSA) is 55.8 Å². The van der Waals surface area contributed by atoms with Gasteiger partial charge in [-0.3, -0.25) is 9.59 Å². The second-order valence-electron chi connectivity index (χ2n) is 4.38. The maximum Gasteiger partial charge on any atom is 0.325 e. The van der Waals surface area contributed by atoms with Gasteiger partial charge in [0.15, 0.2) is 6.61 Å². The van der Waals surface area contributed by atoms with Crippen LogP contribution in [0.1, 0.15) is 11.1 Å². The lowest BCUT2D eigenvalue weighted by atomic mass is 10.1. The van der Waals surface area contributed by atoms with Crippen LogP contribution in [0.15, 0.2) is 18.2 Å². The average Bonchev–Trinajstić information content (AvgIpc) is 2.39. The van der Waals surface area contributed by atoms with Gasteiger partial charge >= 0.3 is 5.97 Å². The smallest absolute Gasteiger partial charge is 0.325 e. The SMILES string of the molecule is COC(=O)CN(C)C(=O)COc1cc(C)ccc1C. The number of likely N-dealkylation sites (N-methyl/N-ethyl adjacent to an activating group) is 1. The van der Waals surface area contributed by atoms with Gasteiger partial charge in [-0.1, -0.05) is 12.1 Å². The van der Waals surface area contributed by atoms with Crippen LogP contribution in [0.5, 0.6) is 5.75 Å². The Morgan fingerprint density at radius 3 is 2.58 bits per heavy atom. The third-order valence-corrected chi connectivity index (χ3v) is 2.71. The molecule has 0 saturated heterocycles. The summed E-state index contributed by atoms with van der Waals surface area (Å²) in [5, 5.41) is 0. The van der Waals surface area contributed by atoms with Gasteiger partial charge in [0, 0.05) is 7.05 Å². The Morgan fingerprint density at radius 2 is 1.95 bits per heavy atom. The zero-order valence-electron chi connectivity index (χ0n) is 11.7. The summed E-state index contributed by atoms with van der Waals surface area (Å²) in [6.45, 7) is 3.69. The van der Waals surface area contributed by atoms with Gasteiger partial charge in [-0.05, 0) is 31.0 Å². The molecule has 0 fully saturated rings. The molecule has 1 aromatic carbocycles. The molecule has 0 aromatic heterocycles. The van der Waals surface area contributed by atoms with Gasteiger partial charge in [0.25, 0.3) is 5.91 Å². The summed E-state index contributed by atoms with van der Waals surface area (Å²) in [6.07, 6.45) is 0. The van der Waals surface area contributed by atoms with Crippen molar-refractivity contribution >= 4 is 11.9 Å². The first-order valence-electron chi connectivity index (χ1n) is 5.95. The standard InChI is InChI=1S/C14H19NO4/c1-10-5-6-11(2)12(7-10)19-9-13(16)15(3)8-14(17)18-4/h5-7H,8-9H2,1-4H3. The Hall–Kier alpha value is -2.04. The van der Waals surface area contributed by atoms with Gasteiger partial charge in [-0.2, -0.15) is 0 Å². The molecule has 0 aliphatic carbocycles. The number of carbonyl (C=O) groups is 2. The monoisotopic (exact) mass is 265 g/mol. The van der Waals surface area contributed by atoms with Crippen molar-refractivity contribution in [1.82, 2.24) is 4.90 Å². The van der Waals surface area contributed by atoms with Gasteiger partial charge in [0.1, 0.15) is 12.3 Å². The summed E-state index contributed by atoms with van der Waals surface area (Å²) >= 11 is 0. The van der Waals surface area contributed by atoms with Gasteiger partial charge in [0.2, 0.25) is 0 Å². The van der Waals surface area contributed by atoms with Crippen LogP contribution in [-0.2, 0) is 14.3 Å². The number of rotatable bonds is 5. The summed E-state index contributed by atoms with van der Waals surface area (Å²) in [7, 11) is 2.82. The predicted molar refractivity (Wildman–Crippen MR) is 71.1 cm³/mol. The normalized spacial score (nSPS) is 9.89. The maximum atomic E-state index is 11.8. The van der Waals surface area contributed by atoms with Crippen LogP contribution in [0.2, 0.25) is 0 Å². The van der Waals surface area contributed by atoms with Crippen LogP contribution >= 0.6 is 0 Å². The zero-order valence-corrected chi connectivity index (χ0v) is 11.7. The van der Waals surface area contributed by atoms with Gasteiger partial charge in [0.05, 0.1) is 7.11 Å². The molecule has 1 rings (SSSR count). The summed E-state index contributed by atoms with van der Waals surface area (Å²) in [5.41, 5.74) is 2.03. The maximum absolute atomic E-state index is 11.8. The lowest BCUT2D eigenvalue weighted by Crippen LogP contribution is -2.36. The van der Waals surface area contributed by atoms with Crippen LogP contribution in [-0.4, -0.2) is 44.1 Å². The molecule has 0 atom stereocenters. The molecule has 0 N–H and O–H groups in total. The second-order valence-corrected chi connectivity index (χ2v) is 4.38. The fourth-order valence-corrected chi connectivity index (χ4v) is 1.46. The van der Waals surface area contributed by atoms with E-state index in [0.717, 1.165) is 11.1 Å². The summed E-state index contributed by atoms with van der Waals surface area (Å²) < 4.78 is 9.97. The Balaban J connectivity index is 2.54. The Morgan fingerprint density at radius 1 is 1.26 bits per heavy atom. The third kappa shape index (κ3) is 4.62. The lowest BCUT2D eigenvalue weighted by Gasteiger charge is -2.16. The van der Waals surface area contributed by atoms with Crippen molar-refractivity contribution in [2.24, 2.45) is 0 Å². The molecule has 5 nitrogen and oxygen atoms in total. The molecule has 19 heavy (non-hydrogen) atoms. The summed E-state index contributed by atoms with van der Waals surface area (Å²) in [5.74, 6) is -0.0475. The number of ether oxygens (including phenoxy) is 2. The van der Waals surface area contributed by atoms with Crippen molar-refractivity contribution in [2.75, 3.05) is 27.3 Å². The van der Waals surface area contributed by atoms with Crippen LogP contribution in [0.4, 0.5) is 0 Å². The quantitative estimate of drug-likeness (QED) is 0.753. The molecule has 0 unspecified atom stereocenters. The minimum Gasteiger partial charge on any atom is -0.483 e.